The van der Waals surface area contributed by atoms with Gasteiger partial charge in [-0.25, -0.2) is 4.79 Å². The smallest absolute Gasteiger partial charge is 0.340 e. The van der Waals surface area contributed by atoms with Crippen LogP contribution in [0.25, 0.3) is 21.8 Å². The molecule has 1 aliphatic rings. The van der Waals surface area contributed by atoms with Gasteiger partial charge in [-0.15, -0.1) is 0 Å². The number of nitrogens with zero attached hydrogens (tertiary/aromatic N) is 1. The molecule has 0 saturated carbocycles. The first-order chi connectivity index (χ1) is 14.6. The number of phenolic OH excluding ortho intramolecular Hbond substituents is 1. The van der Waals surface area contributed by atoms with Gasteiger partial charge in [0, 0.05) is 28.7 Å². The van der Waals surface area contributed by atoms with Crippen LogP contribution in [0.3, 0.4) is 0 Å². The molecular weight excluding hydrogens is 376 g/mol. The zero-order chi connectivity index (χ0) is 20.8. The monoisotopic (exact) mass is 402 g/mol. The molecule has 5 heteroatoms. The van der Waals surface area contributed by atoms with Crippen LogP contribution in [0.2, 0.25) is 0 Å². The largest absolute Gasteiger partial charge is 0.506 e. The first kappa shape index (κ1) is 18.8. The Bertz CT molecular complexity index is 1260. The molecule has 154 valence electrons. The fraction of sp³-hybridized carbons (Fsp3) is 0.320. The van der Waals surface area contributed by atoms with Gasteiger partial charge in [-0.3, -0.25) is 0 Å². The summed E-state index contributed by atoms with van der Waals surface area (Å²) >= 11 is 0. The van der Waals surface area contributed by atoms with Crippen LogP contribution >= 0.6 is 0 Å². The minimum atomic E-state index is -0.338. The quantitative estimate of drug-likeness (QED) is 0.459. The fourth-order valence-electron chi connectivity index (χ4n) is 4.94. The number of esters is 1. The second kappa shape index (κ2) is 7.24. The van der Waals surface area contributed by atoms with E-state index in [1.54, 1.807) is 6.07 Å². The van der Waals surface area contributed by atoms with Crippen molar-refractivity contribution in [2.75, 3.05) is 6.61 Å². The number of aromatic hydroxyl groups is 1. The van der Waals surface area contributed by atoms with Crippen molar-refractivity contribution in [3.05, 3.63) is 64.5 Å². The Morgan fingerprint density at radius 2 is 1.97 bits per heavy atom. The second-order valence-electron chi connectivity index (χ2n) is 8.08. The zero-order valence-corrected chi connectivity index (χ0v) is 17.4. The maximum atomic E-state index is 12.9. The van der Waals surface area contributed by atoms with E-state index in [0.717, 1.165) is 53.2 Å². The van der Waals surface area contributed by atoms with Crippen LogP contribution < -0.4 is 0 Å². The van der Waals surface area contributed by atoms with Crippen molar-refractivity contribution in [1.29, 1.82) is 0 Å². The number of aromatic amines is 1. The molecule has 0 atom stereocenters. The second-order valence-corrected chi connectivity index (χ2v) is 8.08. The number of phenols is 1. The lowest BCUT2D eigenvalue weighted by atomic mass is 9.94. The molecule has 0 saturated heterocycles. The zero-order valence-electron chi connectivity index (χ0n) is 17.4. The average molecular weight is 402 g/mol. The predicted molar refractivity (Wildman–Crippen MR) is 118 cm³/mol. The molecule has 0 spiro atoms. The van der Waals surface area contributed by atoms with Crippen molar-refractivity contribution in [2.24, 2.45) is 0 Å². The Morgan fingerprint density at radius 3 is 2.73 bits per heavy atom. The number of nitrogens with one attached hydrogen (secondary N) is 1. The van der Waals surface area contributed by atoms with Crippen molar-refractivity contribution in [1.82, 2.24) is 9.55 Å². The molecule has 1 aliphatic carbocycles. The summed E-state index contributed by atoms with van der Waals surface area (Å²) in [6.07, 6.45) is 4.27. The molecule has 2 aromatic heterocycles. The van der Waals surface area contributed by atoms with Crippen LogP contribution in [0, 0.1) is 6.92 Å². The van der Waals surface area contributed by atoms with Crippen LogP contribution in [0.15, 0.2) is 36.4 Å². The molecule has 30 heavy (non-hydrogen) atoms. The lowest BCUT2D eigenvalue weighted by molar-refractivity contribution is 0.0527. The van der Waals surface area contributed by atoms with Crippen molar-refractivity contribution >= 4 is 27.8 Å². The van der Waals surface area contributed by atoms with E-state index in [1.807, 2.05) is 32.0 Å². The van der Waals surface area contributed by atoms with Gasteiger partial charge in [0.15, 0.2) is 0 Å². The number of aryl methyl sites for hydroxylation is 2. The van der Waals surface area contributed by atoms with Crippen molar-refractivity contribution in [3.8, 4) is 5.75 Å². The van der Waals surface area contributed by atoms with E-state index in [-0.39, 0.29) is 11.7 Å². The van der Waals surface area contributed by atoms with E-state index in [1.165, 1.54) is 16.8 Å². The number of hydrogen-bond acceptors (Lipinski definition) is 3. The standard InChI is InChI=1S/C25H26N2O3/c1-3-30-25(29)21-15(2)27(14-16-9-5-4-6-10-16)24-18(21)13-20(28)23-22(24)17-11-7-8-12-19(17)26-23/h4-6,9-10,13,26,28H,3,7-8,11-12,14H2,1-2H3. The van der Waals surface area contributed by atoms with E-state index in [4.69, 9.17) is 4.74 Å². The summed E-state index contributed by atoms with van der Waals surface area (Å²) in [7, 11) is 0. The highest BCUT2D eigenvalue weighted by Crippen LogP contribution is 2.42. The number of fused-ring (bicyclic) bond motifs is 5. The third-order valence-corrected chi connectivity index (χ3v) is 6.29. The van der Waals surface area contributed by atoms with E-state index in [0.29, 0.717) is 18.7 Å². The first-order valence-corrected chi connectivity index (χ1v) is 10.7. The number of carbonyl (C=O) groups excluding carboxylic acids is 1. The fourth-order valence-corrected chi connectivity index (χ4v) is 4.94. The molecule has 0 radical (unpaired) electrons. The number of rotatable bonds is 4. The minimum absolute atomic E-state index is 0.189. The maximum Gasteiger partial charge on any atom is 0.340 e. The summed E-state index contributed by atoms with van der Waals surface area (Å²) in [5.74, 6) is -0.149. The average Bonchev–Trinajstić information content (AvgIpc) is 3.25. The predicted octanol–water partition coefficient (Wildman–Crippen LogP) is 5.24. The van der Waals surface area contributed by atoms with Gasteiger partial charge in [-0.2, -0.15) is 0 Å². The Balaban J connectivity index is 1.87. The van der Waals surface area contributed by atoms with Crippen LogP contribution in [0.5, 0.6) is 5.75 Å². The maximum absolute atomic E-state index is 12.9. The molecule has 0 fully saturated rings. The lowest BCUT2D eigenvalue weighted by Gasteiger charge is -2.13. The van der Waals surface area contributed by atoms with E-state index >= 15 is 0 Å². The van der Waals surface area contributed by atoms with Gasteiger partial charge < -0.3 is 19.4 Å². The van der Waals surface area contributed by atoms with E-state index in [9.17, 15) is 9.90 Å². The summed E-state index contributed by atoms with van der Waals surface area (Å²) in [4.78, 5) is 16.4. The SMILES string of the molecule is CCOC(=O)c1c(C)n(Cc2ccccc2)c2c1cc(O)c1[nH]c3c(c12)CCCC3. The summed E-state index contributed by atoms with van der Waals surface area (Å²) in [6.45, 7) is 4.76. The van der Waals surface area contributed by atoms with Gasteiger partial charge in [0.05, 0.1) is 23.2 Å². The molecule has 5 nitrogen and oxygen atoms in total. The summed E-state index contributed by atoms with van der Waals surface area (Å²) in [5.41, 5.74) is 6.85. The number of aromatic nitrogens is 2. The van der Waals surface area contributed by atoms with Crippen molar-refractivity contribution in [2.45, 2.75) is 46.1 Å². The Morgan fingerprint density at radius 1 is 1.20 bits per heavy atom. The van der Waals surface area contributed by atoms with Crippen LogP contribution in [0.4, 0.5) is 0 Å². The highest BCUT2D eigenvalue weighted by molar-refractivity contribution is 6.17. The van der Waals surface area contributed by atoms with Crippen molar-refractivity contribution < 1.29 is 14.6 Å². The van der Waals surface area contributed by atoms with E-state index in [2.05, 4.69) is 21.7 Å². The van der Waals surface area contributed by atoms with Gasteiger partial charge in [0.2, 0.25) is 0 Å². The third kappa shape index (κ3) is 2.80. The highest BCUT2D eigenvalue weighted by atomic mass is 16.5. The Kier molecular flexibility index (Phi) is 4.54. The Labute approximate surface area is 175 Å². The summed E-state index contributed by atoms with van der Waals surface area (Å²) in [5, 5.41) is 12.7. The topological polar surface area (TPSA) is 67.2 Å². The summed E-state index contributed by atoms with van der Waals surface area (Å²) in [6, 6.07) is 12.0. The molecule has 0 unspecified atom stereocenters. The van der Waals surface area contributed by atoms with Crippen LogP contribution in [0.1, 0.15) is 52.6 Å². The lowest BCUT2D eigenvalue weighted by Crippen LogP contribution is -2.08. The molecule has 0 bridgehead atoms. The van der Waals surface area contributed by atoms with Crippen LogP contribution in [-0.2, 0) is 24.1 Å². The first-order valence-electron chi connectivity index (χ1n) is 10.7. The molecule has 2 N–H and O–H groups in total. The van der Waals surface area contributed by atoms with Crippen molar-refractivity contribution in [3.63, 3.8) is 0 Å². The molecule has 2 aromatic carbocycles. The molecular formula is C25H26N2O3. The molecule has 0 amide bonds. The molecule has 0 aliphatic heterocycles. The minimum Gasteiger partial charge on any atom is -0.506 e. The summed E-state index contributed by atoms with van der Waals surface area (Å²) < 4.78 is 7.59. The third-order valence-electron chi connectivity index (χ3n) is 6.29. The number of ether oxygens (including phenoxy) is 1. The van der Waals surface area contributed by atoms with Gasteiger partial charge in [-0.05, 0) is 56.7 Å². The molecule has 2 heterocycles. The van der Waals surface area contributed by atoms with Gasteiger partial charge >= 0.3 is 5.97 Å². The molecule has 5 rings (SSSR count). The highest BCUT2D eigenvalue weighted by Gasteiger charge is 2.27. The van der Waals surface area contributed by atoms with Gasteiger partial charge in [0.25, 0.3) is 0 Å². The van der Waals surface area contributed by atoms with E-state index < -0.39 is 0 Å². The van der Waals surface area contributed by atoms with Gasteiger partial charge in [0.1, 0.15) is 5.75 Å². The number of hydrogen-bond donors (Lipinski definition) is 2. The number of carbonyl (C=O) groups is 1. The Hall–Kier alpha value is -3.21. The number of H-pyrrole nitrogens is 1. The van der Waals surface area contributed by atoms with Crippen LogP contribution in [-0.4, -0.2) is 27.2 Å². The molecule has 4 aromatic rings. The van der Waals surface area contributed by atoms with Gasteiger partial charge in [-0.1, -0.05) is 30.3 Å². The normalized spacial score (nSPS) is 13.7. The number of benzene rings is 2.